The number of ether oxygens (including phenoxy) is 1. The van der Waals surface area contributed by atoms with Gasteiger partial charge >= 0.3 is 5.97 Å². The number of carbonyl (C=O) groups is 2. The molecule has 4 heteroatoms. The molecule has 0 radical (unpaired) electrons. The van der Waals surface area contributed by atoms with Gasteiger partial charge in [0.15, 0.2) is 0 Å². The molecule has 0 aromatic heterocycles. The molecule has 0 heterocycles. The lowest BCUT2D eigenvalue weighted by Crippen LogP contribution is -2.20. The highest BCUT2D eigenvalue weighted by molar-refractivity contribution is 5.69. The van der Waals surface area contributed by atoms with Crippen LogP contribution in [0, 0.1) is 0 Å². The number of hydrogen-bond donors (Lipinski definition) is 0. The fraction of sp³-hybridized carbons (Fsp3) is 0.667. The number of nitrogens with zero attached hydrogens (tertiary/aromatic N) is 1. The van der Waals surface area contributed by atoms with Crippen LogP contribution in [0.3, 0.4) is 0 Å². The number of methoxy groups -OCH3 is 1. The number of hydrogen-bond acceptors (Lipinski definition) is 3. The first-order valence-electron chi connectivity index (χ1n) is 2.93. The first-order valence-corrected chi connectivity index (χ1v) is 2.93. The lowest BCUT2D eigenvalue weighted by Gasteiger charge is -2.07. The first kappa shape index (κ1) is 8.94. The molecule has 0 aliphatic carbocycles. The van der Waals surface area contributed by atoms with Crippen molar-refractivity contribution in [1.82, 2.24) is 4.90 Å². The Labute approximate surface area is 59.8 Å². The summed E-state index contributed by atoms with van der Waals surface area (Å²) in [5.74, 6) is -0.297. The molecule has 0 unspecified atom stereocenters. The van der Waals surface area contributed by atoms with Crippen LogP contribution in [0.5, 0.6) is 0 Å². The van der Waals surface area contributed by atoms with Crippen molar-refractivity contribution in [2.75, 3.05) is 20.7 Å². The normalized spacial score (nSPS) is 8.60. The summed E-state index contributed by atoms with van der Waals surface area (Å²) >= 11 is 0. The van der Waals surface area contributed by atoms with Crippen molar-refractivity contribution in [3.8, 4) is 0 Å². The van der Waals surface area contributed by atoms with Crippen LogP contribution in [0.2, 0.25) is 0 Å². The molecule has 0 aromatic carbocycles. The van der Waals surface area contributed by atoms with E-state index in [0.29, 0.717) is 13.0 Å². The van der Waals surface area contributed by atoms with Gasteiger partial charge in [-0.2, -0.15) is 0 Å². The lowest BCUT2D eigenvalue weighted by atomic mass is 10.4. The van der Waals surface area contributed by atoms with Gasteiger partial charge in [0, 0.05) is 13.6 Å². The molecule has 0 rings (SSSR count). The van der Waals surface area contributed by atoms with Crippen molar-refractivity contribution in [3.63, 3.8) is 0 Å². The van der Waals surface area contributed by atoms with E-state index in [0.717, 1.165) is 0 Å². The summed E-state index contributed by atoms with van der Waals surface area (Å²) in [5.41, 5.74) is 0. The van der Waals surface area contributed by atoms with E-state index in [4.69, 9.17) is 0 Å². The lowest BCUT2D eigenvalue weighted by molar-refractivity contribution is -0.141. The molecule has 0 N–H and O–H groups in total. The molecule has 0 saturated heterocycles. The molecule has 0 saturated carbocycles. The zero-order valence-corrected chi connectivity index (χ0v) is 6.16. The van der Waals surface area contributed by atoms with E-state index in [1.165, 1.54) is 12.0 Å². The Morgan fingerprint density at radius 3 is 2.70 bits per heavy atom. The van der Waals surface area contributed by atoms with Crippen LogP contribution >= 0.6 is 0 Å². The van der Waals surface area contributed by atoms with E-state index in [-0.39, 0.29) is 12.4 Å². The Morgan fingerprint density at radius 2 is 2.30 bits per heavy atom. The van der Waals surface area contributed by atoms with Crippen LogP contribution in [-0.2, 0) is 14.3 Å². The van der Waals surface area contributed by atoms with Gasteiger partial charge in [-0.05, 0) is 0 Å². The minimum absolute atomic E-state index is 0.256. The van der Waals surface area contributed by atoms with Gasteiger partial charge in [-0.15, -0.1) is 0 Å². The largest absolute Gasteiger partial charge is 0.469 e. The topological polar surface area (TPSA) is 46.6 Å². The standard InChI is InChI=1S/C6H11NO3/c1-7(5-8)4-3-6(9)10-2/h5H,3-4H2,1-2H3. The molecule has 0 spiro atoms. The number of rotatable bonds is 4. The van der Waals surface area contributed by atoms with Crippen molar-refractivity contribution in [1.29, 1.82) is 0 Å². The van der Waals surface area contributed by atoms with Gasteiger partial charge in [-0.25, -0.2) is 0 Å². The van der Waals surface area contributed by atoms with E-state index in [1.807, 2.05) is 0 Å². The van der Waals surface area contributed by atoms with Crippen molar-refractivity contribution in [3.05, 3.63) is 0 Å². The number of esters is 1. The Kier molecular flexibility index (Phi) is 4.28. The Morgan fingerprint density at radius 1 is 1.70 bits per heavy atom. The molecule has 10 heavy (non-hydrogen) atoms. The van der Waals surface area contributed by atoms with Crippen LogP contribution in [0.25, 0.3) is 0 Å². The summed E-state index contributed by atoms with van der Waals surface area (Å²) in [4.78, 5) is 21.8. The van der Waals surface area contributed by atoms with Gasteiger partial charge in [0.25, 0.3) is 0 Å². The zero-order chi connectivity index (χ0) is 7.98. The molecular formula is C6H11NO3. The van der Waals surface area contributed by atoms with Gasteiger partial charge in [-0.1, -0.05) is 0 Å². The van der Waals surface area contributed by atoms with Crippen LogP contribution in [0.4, 0.5) is 0 Å². The minimum Gasteiger partial charge on any atom is -0.469 e. The molecule has 0 aliphatic rings. The van der Waals surface area contributed by atoms with Crippen molar-refractivity contribution in [2.24, 2.45) is 0 Å². The summed E-state index contributed by atoms with van der Waals surface area (Å²) in [7, 11) is 2.93. The summed E-state index contributed by atoms with van der Waals surface area (Å²) in [5, 5.41) is 0. The Hall–Kier alpha value is -1.06. The van der Waals surface area contributed by atoms with Gasteiger partial charge in [0.1, 0.15) is 0 Å². The zero-order valence-electron chi connectivity index (χ0n) is 6.16. The molecule has 1 amide bonds. The van der Waals surface area contributed by atoms with E-state index in [9.17, 15) is 9.59 Å². The van der Waals surface area contributed by atoms with Gasteiger partial charge in [-0.3, -0.25) is 9.59 Å². The summed E-state index contributed by atoms with van der Waals surface area (Å²) in [6.07, 6.45) is 0.925. The quantitative estimate of drug-likeness (QED) is 0.401. The molecule has 58 valence electrons. The van der Waals surface area contributed by atoms with Gasteiger partial charge < -0.3 is 9.64 Å². The maximum atomic E-state index is 10.5. The molecular weight excluding hydrogens is 134 g/mol. The molecule has 0 fully saturated rings. The van der Waals surface area contributed by atoms with Crippen molar-refractivity contribution >= 4 is 12.4 Å². The maximum absolute atomic E-state index is 10.5. The third kappa shape index (κ3) is 3.88. The van der Waals surface area contributed by atoms with E-state index >= 15 is 0 Å². The van der Waals surface area contributed by atoms with Crippen LogP contribution < -0.4 is 0 Å². The summed E-state index contributed by atoms with van der Waals surface area (Å²) in [6.45, 7) is 0.413. The first-order chi connectivity index (χ1) is 4.70. The molecule has 0 aliphatic heterocycles. The smallest absolute Gasteiger partial charge is 0.307 e. The third-order valence-electron chi connectivity index (χ3n) is 1.08. The second-order valence-electron chi connectivity index (χ2n) is 1.91. The summed E-state index contributed by atoms with van der Waals surface area (Å²) < 4.78 is 4.36. The predicted molar refractivity (Wildman–Crippen MR) is 35.3 cm³/mol. The van der Waals surface area contributed by atoms with Crippen LogP contribution in [-0.4, -0.2) is 38.0 Å². The highest BCUT2D eigenvalue weighted by Gasteiger charge is 2.00. The van der Waals surface area contributed by atoms with E-state index in [1.54, 1.807) is 7.05 Å². The SMILES string of the molecule is COC(=O)CCN(C)C=O. The van der Waals surface area contributed by atoms with Gasteiger partial charge in [0.2, 0.25) is 6.41 Å². The number of amides is 1. The van der Waals surface area contributed by atoms with E-state index < -0.39 is 0 Å². The predicted octanol–water partition coefficient (Wildman–Crippen LogP) is -0.362. The van der Waals surface area contributed by atoms with E-state index in [2.05, 4.69) is 4.74 Å². The third-order valence-corrected chi connectivity index (χ3v) is 1.08. The van der Waals surface area contributed by atoms with Crippen LogP contribution in [0.15, 0.2) is 0 Å². The van der Waals surface area contributed by atoms with Gasteiger partial charge in [0.05, 0.1) is 13.5 Å². The average Bonchev–Trinajstić information content (AvgIpc) is 1.99. The molecule has 0 atom stereocenters. The number of carbonyl (C=O) groups excluding carboxylic acids is 2. The monoisotopic (exact) mass is 145 g/mol. The summed E-state index contributed by atoms with van der Waals surface area (Å²) in [6, 6.07) is 0. The molecule has 4 nitrogen and oxygen atoms in total. The second kappa shape index (κ2) is 4.78. The Bertz CT molecular complexity index is 124. The minimum atomic E-state index is -0.297. The molecule has 0 aromatic rings. The van der Waals surface area contributed by atoms with Crippen molar-refractivity contribution < 1.29 is 14.3 Å². The fourth-order valence-corrected chi connectivity index (χ4v) is 0.422. The fourth-order valence-electron chi connectivity index (χ4n) is 0.422. The Balaban J connectivity index is 3.34. The highest BCUT2D eigenvalue weighted by atomic mass is 16.5. The average molecular weight is 145 g/mol. The molecule has 0 bridgehead atoms. The van der Waals surface area contributed by atoms with Crippen LogP contribution in [0.1, 0.15) is 6.42 Å². The highest BCUT2D eigenvalue weighted by Crippen LogP contribution is 1.85. The maximum Gasteiger partial charge on any atom is 0.307 e. The second-order valence-corrected chi connectivity index (χ2v) is 1.91. The van der Waals surface area contributed by atoms with Crippen molar-refractivity contribution in [2.45, 2.75) is 6.42 Å².